The van der Waals surface area contributed by atoms with Crippen molar-refractivity contribution in [2.45, 2.75) is 6.18 Å². The summed E-state index contributed by atoms with van der Waals surface area (Å²) in [7, 11) is 0. The van der Waals surface area contributed by atoms with Crippen LogP contribution in [0, 0.1) is 26.2 Å². The van der Waals surface area contributed by atoms with Gasteiger partial charge >= 0.3 is 6.18 Å². The molecule has 0 spiro atoms. The Balaban J connectivity index is 2.99. The molecule has 0 aliphatic carbocycles. The Labute approximate surface area is 115 Å². The molecule has 0 saturated heterocycles. The lowest BCUT2D eigenvalue weighted by Crippen LogP contribution is -2.05. The molecule has 0 atom stereocenters. The first-order valence-corrected chi connectivity index (χ1v) is 5.60. The van der Waals surface area contributed by atoms with Crippen molar-refractivity contribution in [2.75, 3.05) is 5.32 Å². The maximum atomic E-state index is 12.4. The number of hydrogen-bond acceptors (Lipinski definition) is 3. The van der Waals surface area contributed by atoms with Crippen LogP contribution < -0.4 is 5.32 Å². The van der Waals surface area contributed by atoms with Gasteiger partial charge in [-0.15, -0.1) is 0 Å². The molecule has 0 unspecified atom stereocenters. The zero-order chi connectivity index (χ0) is 13.8. The lowest BCUT2D eigenvalue weighted by Gasteiger charge is -2.09. The molecule has 0 radical (unpaired) electrons. The molecule has 0 bridgehead atoms. The molecule has 18 heavy (non-hydrogen) atoms. The summed E-state index contributed by atoms with van der Waals surface area (Å²) in [6, 6.07) is 6.42. The maximum absolute atomic E-state index is 12.4. The van der Waals surface area contributed by atoms with Gasteiger partial charge < -0.3 is 5.32 Å². The number of allylic oxidation sites excluding steroid dienone is 1. The zero-order valence-corrected chi connectivity index (χ0v) is 10.9. The van der Waals surface area contributed by atoms with Gasteiger partial charge in [-0.2, -0.15) is 23.7 Å². The molecule has 0 saturated carbocycles. The number of nitrogens with zero attached hydrogens (tertiary/aromatic N) is 2. The summed E-state index contributed by atoms with van der Waals surface area (Å²) in [6.07, 6.45) is -3.25. The topological polar surface area (TPSA) is 59.6 Å². The first-order chi connectivity index (χ1) is 8.38. The number of nitrogens with one attached hydrogen (secondary N) is 1. The smallest absolute Gasteiger partial charge is 0.359 e. The van der Waals surface area contributed by atoms with Crippen molar-refractivity contribution in [2.24, 2.45) is 0 Å². The van der Waals surface area contributed by atoms with Crippen LogP contribution in [0.15, 0.2) is 30.0 Å². The van der Waals surface area contributed by atoms with Gasteiger partial charge in [0, 0.05) is 9.77 Å². The fourth-order valence-corrected chi connectivity index (χ4v) is 1.72. The summed E-state index contributed by atoms with van der Waals surface area (Å²) in [5.74, 6) is 0. The fourth-order valence-electron chi connectivity index (χ4n) is 1.05. The molecular weight excluding hydrogens is 358 g/mol. The minimum Gasteiger partial charge on any atom is -0.359 e. The second kappa shape index (κ2) is 5.74. The van der Waals surface area contributed by atoms with Crippen LogP contribution in [0.4, 0.5) is 18.9 Å². The molecule has 0 amide bonds. The standard InChI is InChI=1S/C11H5F3IN3/c12-11(13,14)8-1-2-10(9(15)3-8)18-6-7(4-16)5-17/h1-3,6,18H. The molecule has 7 heteroatoms. The van der Waals surface area contributed by atoms with E-state index in [1.54, 1.807) is 34.7 Å². The van der Waals surface area contributed by atoms with Crippen LogP contribution >= 0.6 is 22.6 Å². The summed E-state index contributed by atoms with van der Waals surface area (Å²) >= 11 is 1.74. The van der Waals surface area contributed by atoms with Gasteiger partial charge in [0.15, 0.2) is 0 Å². The van der Waals surface area contributed by atoms with Crippen molar-refractivity contribution in [1.82, 2.24) is 0 Å². The Morgan fingerprint density at radius 3 is 2.33 bits per heavy atom. The molecule has 1 rings (SSSR count). The number of nitriles is 2. The molecule has 0 fully saturated rings. The quantitative estimate of drug-likeness (QED) is 0.645. The van der Waals surface area contributed by atoms with E-state index in [0.717, 1.165) is 18.3 Å². The van der Waals surface area contributed by atoms with Gasteiger partial charge in [0.25, 0.3) is 0 Å². The maximum Gasteiger partial charge on any atom is 0.416 e. The second-order valence-electron chi connectivity index (χ2n) is 3.12. The van der Waals surface area contributed by atoms with E-state index in [2.05, 4.69) is 5.32 Å². The van der Waals surface area contributed by atoms with Crippen LogP contribution in [0.25, 0.3) is 0 Å². The summed E-state index contributed by atoms with van der Waals surface area (Å²) < 4.78 is 37.5. The summed E-state index contributed by atoms with van der Waals surface area (Å²) in [6.45, 7) is 0. The van der Waals surface area contributed by atoms with Crippen LogP contribution in [-0.2, 0) is 6.18 Å². The van der Waals surface area contributed by atoms with Gasteiger partial charge in [-0.05, 0) is 40.8 Å². The third-order valence-electron chi connectivity index (χ3n) is 1.91. The van der Waals surface area contributed by atoms with Crippen LogP contribution in [0.1, 0.15) is 5.56 Å². The molecule has 1 N–H and O–H groups in total. The molecule has 0 aliphatic rings. The minimum absolute atomic E-state index is 0.161. The minimum atomic E-state index is -4.39. The molecule has 3 nitrogen and oxygen atoms in total. The molecule has 92 valence electrons. The van der Waals surface area contributed by atoms with Gasteiger partial charge in [0.2, 0.25) is 0 Å². The molecule has 0 aliphatic heterocycles. The van der Waals surface area contributed by atoms with E-state index in [9.17, 15) is 13.2 Å². The Morgan fingerprint density at radius 2 is 1.89 bits per heavy atom. The lowest BCUT2D eigenvalue weighted by atomic mass is 10.2. The first-order valence-electron chi connectivity index (χ1n) is 4.52. The van der Waals surface area contributed by atoms with Crippen molar-refractivity contribution in [3.05, 3.63) is 39.1 Å². The summed E-state index contributed by atoms with van der Waals surface area (Å²) in [4.78, 5) is 0. The van der Waals surface area contributed by atoms with Crippen LogP contribution in [0.2, 0.25) is 0 Å². The monoisotopic (exact) mass is 363 g/mol. The summed E-state index contributed by atoms with van der Waals surface area (Å²) in [5.41, 5.74) is -0.514. The van der Waals surface area contributed by atoms with E-state index < -0.39 is 11.7 Å². The largest absolute Gasteiger partial charge is 0.416 e. The number of anilines is 1. The Bertz CT molecular complexity index is 548. The number of alkyl halides is 3. The normalized spacial score (nSPS) is 10.1. The third kappa shape index (κ3) is 3.64. The first kappa shape index (κ1) is 14.3. The van der Waals surface area contributed by atoms with E-state index in [-0.39, 0.29) is 5.57 Å². The van der Waals surface area contributed by atoms with Gasteiger partial charge in [0.05, 0.1) is 11.3 Å². The number of benzene rings is 1. The molecule has 1 aromatic carbocycles. The molecular formula is C11H5F3IN3. The van der Waals surface area contributed by atoms with E-state index in [0.29, 0.717) is 9.26 Å². The van der Waals surface area contributed by atoms with E-state index in [1.165, 1.54) is 6.07 Å². The van der Waals surface area contributed by atoms with Gasteiger partial charge in [0.1, 0.15) is 17.7 Å². The van der Waals surface area contributed by atoms with E-state index >= 15 is 0 Å². The van der Waals surface area contributed by atoms with E-state index in [4.69, 9.17) is 10.5 Å². The van der Waals surface area contributed by atoms with Crippen molar-refractivity contribution >= 4 is 28.3 Å². The molecule has 0 heterocycles. The Kier molecular flexibility index (Phi) is 4.56. The lowest BCUT2D eigenvalue weighted by molar-refractivity contribution is -0.137. The van der Waals surface area contributed by atoms with Gasteiger partial charge in [-0.25, -0.2) is 0 Å². The predicted molar refractivity (Wildman–Crippen MR) is 67.1 cm³/mol. The molecule has 1 aromatic rings. The highest BCUT2D eigenvalue weighted by Crippen LogP contribution is 2.32. The third-order valence-corrected chi connectivity index (χ3v) is 2.80. The van der Waals surface area contributed by atoms with Gasteiger partial charge in [-0.1, -0.05) is 0 Å². The SMILES string of the molecule is N#CC(C#N)=CNc1ccc(C(F)(F)F)cc1I. The number of halogens is 4. The Hall–Kier alpha value is -1.74. The van der Waals surface area contributed by atoms with E-state index in [1.807, 2.05) is 0 Å². The zero-order valence-electron chi connectivity index (χ0n) is 8.72. The summed E-state index contributed by atoms with van der Waals surface area (Å²) in [5, 5.41) is 19.6. The average Bonchev–Trinajstić information content (AvgIpc) is 2.30. The van der Waals surface area contributed by atoms with Crippen molar-refractivity contribution in [1.29, 1.82) is 10.5 Å². The van der Waals surface area contributed by atoms with Gasteiger partial charge in [-0.3, -0.25) is 0 Å². The number of hydrogen-bond donors (Lipinski definition) is 1. The predicted octanol–water partition coefficient (Wildman–Crippen LogP) is 3.65. The Morgan fingerprint density at radius 1 is 1.28 bits per heavy atom. The van der Waals surface area contributed by atoms with Crippen LogP contribution in [0.5, 0.6) is 0 Å². The van der Waals surface area contributed by atoms with Crippen LogP contribution in [0.3, 0.4) is 0 Å². The number of rotatable bonds is 2. The van der Waals surface area contributed by atoms with Crippen LogP contribution in [-0.4, -0.2) is 0 Å². The highest BCUT2D eigenvalue weighted by atomic mass is 127. The van der Waals surface area contributed by atoms with Crippen molar-refractivity contribution in [3.8, 4) is 12.1 Å². The second-order valence-corrected chi connectivity index (χ2v) is 4.28. The molecule has 0 aromatic heterocycles. The van der Waals surface area contributed by atoms with Crippen molar-refractivity contribution < 1.29 is 13.2 Å². The van der Waals surface area contributed by atoms with Crippen molar-refractivity contribution in [3.63, 3.8) is 0 Å². The highest BCUT2D eigenvalue weighted by Gasteiger charge is 2.30. The highest BCUT2D eigenvalue weighted by molar-refractivity contribution is 14.1. The average molecular weight is 363 g/mol. The fraction of sp³-hybridized carbons (Fsp3) is 0.0909.